The van der Waals surface area contributed by atoms with E-state index in [1.165, 1.54) is 18.6 Å². The van der Waals surface area contributed by atoms with E-state index in [-0.39, 0.29) is 11.3 Å². The number of fused-ring (bicyclic) bond motifs is 1. The Morgan fingerprint density at radius 1 is 1.05 bits per heavy atom. The van der Waals surface area contributed by atoms with Crippen LogP contribution in [0.15, 0.2) is 54.6 Å². The number of ether oxygens (including phenoxy) is 2. The second kappa shape index (κ2) is 10.1. The molecule has 3 atom stereocenters. The van der Waals surface area contributed by atoms with Crippen molar-refractivity contribution >= 4 is 11.1 Å². The summed E-state index contributed by atoms with van der Waals surface area (Å²) in [5, 5.41) is 20.0. The molecule has 0 amide bonds. The number of aromatic hydroxyl groups is 2. The Morgan fingerprint density at radius 3 is 2.51 bits per heavy atom. The van der Waals surface area contributed by atoms with Gasteiger partial charge in [0.15, 0.2) is 17.4 Å². The Balaban J connectivity index is 1.45. The lowest BCUT2D eigenvalue weighted by atomic mass is 9.85. The standard InChI is InChI=1S/C30H31F2NO4/c1-17-12-13-33(15-17)18(2)16-36-22-7-4-20(5-8-22)30-27(23-9-10-25(31)29(35)28(23)32)19(3)24-14-21(34)6-11-26(24)37-30/h4-11,14,17-18,30,34-35H,12-13,15-16H2,1-3H3/t17-,18+,30?/m1/s1. The average molecular weight is 508 g/mol. The van der Waals surface area contributed by atoms with Gasteiger partial charge in [-0.2, -0.15) is 0 Å². The van der Waals surface area contributed by atoms with Gasteiger partial charge in [0.25, 0.3) is 0 Å². The fourth-order valence-electron chi connectivity index (χ4n) is 5.20. The molecule has 0 aromatic heterocycles. The van der Waals surface area contributed by atoms with Crippen molar-refractivity contribution in [2.45, 2.75) is 39.3 Å². The van der Waals surface area contributed by atoms with Crippen LogP contribution in [0.3, 0.4) is 0 Å². The lowest BCUT2D eigenvalue weighted by molar-refractivity contribution is 0.169. The maximum absolute atomic E-state index is 15.1. The molecule has 1 saturated heterocycles. The van der Waals surface area contributed by atoms with Crippen LogP contribution in [0.2, 0.25) is 0 Å². The van der Waals surface area contributed by atoms with Crippen molar-refractivity contribution in [1.82, 2.24) is 4.90 Å². The molecule has 194 valence electrons. The molecule has 2 aliphatic heterocycles. The third kappa shape index (κ3) is 4.88. The monoisotopic (exact) mass is 507 g/mol. The molecule has 5 nitrogen and oxygen atoms in total. The highest BCUT2D eigenvalue weighted by Crippen LogP contribution is 2.48. The molecule has 37 heavy (non-hydrogen) atoms. The Hall–Kier alpha value is -3.58. The van der Waals surface area contributed by atoms with Gasteiger partial charge in [0.1, 0.15) is 30.0 Å². The van der Waals surface area contributed by atoms with Crippen LogP contribution in [-0.2, 0) is 0 Å². The van der Waals surface area contributed by atoms with Crippen LogP contribution in [0.1, 0.15) is 50.0 Å². The number of allylic oxidation sites excluding steroid dienone is 1. The quantitative estimate of drug-likeness (QED) is 0.396. The summed E-state index contributed by atoms with van der Waals surface area (Å²) in [7, 11) is 0. The summed E-state index contributed by atoms with van der Waals surface area (Å²) < 4.78 is 41.3. The van der Waals surface area contributed by atoms with E-state index in [2.05, 4.69) is 18.7 Å². The van der Waals surface area contributed by atoms with Gasteiger partial charge in [-0.25, -0.2) is 8.78 Å². The maximum atomic E-state index is 15.1. The van der Waals surface area contributed by atoms with Crippen LogP contribution in [0.5, 0.6) is 23.0 Å². The Morgan fingerprint density at radius 2 is 1.81 bits per heavy atom. The third-order valence-corrected chi connectivity index (χ3v) is 7.39. The van der Waals surface area contributed by atoms with E-state index in [0.717, 1.165) is 30.5 Å². The fraction of sp³-hybridized carbons (Fsp3) is 0.333. The number of hydrogen-bond donors (Lipinski definition) is 2. The first-order chi connectivity index (χ1) is 17.7. The molecule has 5 rings (SSSR count). The van der Waals surface area contributed by atoms with Gasteiger partial charge in [-0.3, -0.25) is 4.90 Å². The van der Waals surface area contributed by atoms with E-state index in [1.54, 1.807) is 19.1 Å². The third-order valence-electron chi connectivity index (χ3n) is 7.39. The Bertz CT molecular complexity index is 1340. The lowest BCUT2D eigenvalue weighted by Crippen LogP contribution is -2.35. The molecule has 0 aliphatic carbocycles. The highest BCUT2D eigenvalue weighted by atomic mass is 19.1. The Labute approximate surface area is 215 Å². The van der Waals surface area contributed by atoms with Crippen molar-refractivity contribution in [3.8, 4) is 23.0 Å². The van der Waals surface area contributed by atoms with Crippen molar-refractivity contribution in [1.29, 1.82) is 0 Å². The van der Waals surface area contributed by atoms with Gasteiger partial charge < -0.3 is 19.7 Å². The van der Waals surface area contributed by atoms with Crippen molar-refractivity contribution in [2.75, 3.05) is 19.7 Å². The van der Waals surface area contributed by atoms with Gasteiger partial charge in [0.2, 0.25) is 0 Å². The molecule has 0 radical (unpaired) electrons. The minimum absolute atomic E-state index is 0.0318. The van der Waals surface area contributed by atoms with Crippen LogP contribution in [0.25, 0.3) is 11.1 Å². The predicted octanol–water partition coefficient (Wildman–Crippen LogP) is 6.55. The average Bonchev–Trinajstić information content (AvgIpc) is 3.33. The first kappa shape index (κ1) is 25.1. The number of likely N-dealkylation sites (tertiary alicyclic amines) is 1. The van der Waals surface area contributed by atoms with Crippen LogP contribution < -0.4 is 9.47 Å². The summed E-state index contributed by atoms with van der Waals surface area (Å²) in [6.45, 7) is 8.99. The van der Waals surface area contributed by atoms with Crippen molar-refractivity contribution in [3.05, 3.63) is 82.9 Å². The molecule has 0 bridgehead atoms. The SMILES string of the molecule is CC1=C(c2ccc(F)c(O)c2F)C(c2ccc(OC[C@H](C)N3CC[C@@H](C)C3)cc2)Oc2ccc(O)cc21. The highest BCUT2D eigenvalue weighted by Gasteiger charge is 2.32. The topological polar surface area (TPSA) is 62.2 Å². The first-order valence-electron chi connectivity index (χ1n) is 12.6. The smallest absolute Gasteiger partial charge is 0.188 e. The van der Waals surface area contributed by atoms with Crippen LogP contribution in [0.4, 0.5) is 8.78 Å². The van der Waals surface area contributed by atoms with Gasteiger partial charge in [-0.05, 0) is 86.3 Å². The number of halogens is 2. The van der Waals surface area contributed by atoms with E-state index in [0.29, 0.717) is 41.0 Å². The Kier molecular flexibility index (Phi) is 6.82. The molecule has 3 aromatic carbocycles. The molecule has 0 saturated carbocycles. The van der Waals surface area contributed by atoms with Gasteiger partial charge >= 0.3 is 0 Å². The summed E-state index contributed by atoms with van der Waals surface area (Å²) in [5.41, 5.74) is 2.46. The number of nitrogens with zero attached hydrogens (tertiary/aromatic N) is 1. The normalized spacial score (nSPS) is 20.5. The summed E-state index contributed by atoms with van der Waals surface area (Å²) >= 11 is 0. The summed E-state index contributed by atoms with van der Waals surface area (Å²) in [5.74, 6) is -1.13. The van der Waals surface area contributed by atoms with Gasteiger partial charge in [-0.15, -0.1) is 0 Å². The molecule has 7 heteroatoms. The van der Waals surface area contributed by atoms with Crippen molar-refractivity contribution in [3.63, 3.8) is 0 Å². The number of hydrogen-bond acceptors (Lipinski definition) is 5. The van der Waals surface area contributed by atoms with Crippen LogP contribution >= 0.6 is 0 Å². The molecule has 0 spiro atoms. The van der Waals surface area contributed by atoms with Crippen LogP contribution in [0, 0.1) is 17.6 Å². The molecular formula is C30H31F2NO4. The molecule has 2 aliphatic rings. The van der Waals surface area contributed by atoms with Crippen molar-refractivity contribution in [2.24, 2.45) is 5.92 Å². The predicted molar refractivity (Wildman–Crippen MR) is 139 cm³/mol. The minimum Gasteiger partial charge on any atom is -0.508 e. The molecular weight excluding hydrogens is 476 g/mol. The van der Waals surface area contributed by atoms with Gasteiger partial charge in [0, 0.05) is 29.3 Å². The number of rotatable bonds is 6. The van der Waals surface area contributed by atoms with Crippen molar-refractivity contribution < 1.29 is 28.5 Å². The first-order valence-corrected chi connectivity index (χ1v) is 12.6. The summed E-state index contributed by atoms with van der Waals surface area (Å²) in [4.78, 5) is 2.44. The maximum Gasteiger partial charge on any atom is 0.188 e. The zero-order chi connectivity index (χ0) is 26.3. The van der Waals surface area contributed by atoms with E-state index < -0.39 is 23.5 Å². The fourth-order valence-corrected chi connectivity index (χ4v) is 5.20. The lowest BCUT2D eigenvalue weighted by Gasteiger charge is -2.31. The minimum atomic E-state index is -1.06. The second-order valence-corrected chi connectivity index (χ2v) is 10.1. The van der Waals surface area contributed by atoms with E-state index in [4.69, 9.17) is 9.47 Å². The molecule has 2 heterocycles. The summed E-state index contributed by atoms with van der Waals surface area (Å²) in [6.07, 6.45) is 0.487. The number of phenolic OH excluding ortho intramolecular Hbond substituents is 2. The van der Waals surface area contributed by atoms with E-state index >= 15 is 4.39 Å². The number of phenols is 2. The zero-order valence-corrected chi connectivity index (χ0v) is 21.2. The zero-order valence-electron chi connectivity index (χ0n) is 21.2. The second-order valence-electron chi connectivity index (χ2n) is 10.1. The van der Waals surface area contributed by atoms with E-state index in [9.17, 15) is 14.6 Å². The molecule has 1 unspecified atom stereocenters. The van der Waals surface area contributed by atoms with Crippen LogP contribution in [-0.4, -0.2) is 40.9 Å². The van der Waals surface area contributed by atoms with E-state index in [1.807, 2.05) is 24.3 Å². The number of benzene rings is 3. The highest BCUT2D eigenvalue weighted by molar-refractivity contribution is 5.96. The molecule has 2 N–H and O–H groups in total. The summed E-state index contributed by atoms with van der Waals surface area (Å²) in [6, 6.07) is 14.8. The largest absolute Gasteiger partial charge is 0.508 e. The van der Waals surface area contributed by atoms with Gasteiger partial charge in [0.05, 0.1) is 0 Å². The van der Waals surface area contributed by atoms with Gasteiger partial charge in [-0.1, -0.05) is 19.1 Å². The molecule has 1 fully saturated rings. The molecule has 3 aromatic rings.